The van der Waals surface area contributed by atoms with Crippen LogP contribution in [0, 0.1) is 5.92 Å². The van der Waals surface area contributed by atoms with Gasteiger partial charge in [-0.3, -0.25) is 10.1 Å². The van der Waals surface area contributed by atoms with E-state index in [0.717, 1.165) is 25.7 Å². The zero-order valence-electron chi connectivity index (χ0n) is 10.4. The van der Waals surface area contributed by atoms with Gasteiger partial charge in [-0.15, -0.1) is 0 Å². The lowest BCUT2D eigenvalue weighted by molar-refractivity contribution is -0.145. The molecule has 0 radical (unpaired) electrons. The third-order valence-corrected chi connectivity index (χ3v) is 3.51. The Hall–Kier alpha value is -0.610. The lowest BCUT2D eigenvalue weighted by Crippen LogP contribution is -2.62. The second kappa shape index (κ2) is 4.72. The fraction of sp³-hybridized carbons (Fsp3) is 0.917. The average Bonchev–Trinajstić information content (AvgIpc) is 2.16. The van der Waals surface area contributed by atoms with E-state index in [2.05, 4.69) is 12.2 Å². The number of aliphatic hydroxyl groups is 1. The van der Waals surface area contributed by atoms with Crippen LogP contribution in [-0.2, 0) is 4.79 Å². The summed E-state index contributed by atoms with van der Waals surface area (Å²) in [5.41, 5.74) is -1.40. The Morgan fingerprint density at radius 2 is 2.19 bits per heavy atom. The van der Waals surface area contributed by atoms with Gasteiger partial charge >= 0.3 is 5.97 Å². The predicted octanol–water partition coefficient (Wildman–Crippen LogP) is 1.38. The van der Waals surface area contributed by atoms with Crippen LogP contribution in [0.25, 0.3) is 0 Å². The van der Waals surface area contributed by atoms with Crippen molar-refractivity contribution in [3.63, 3.8) is 0 Å². The highest BCUT2D eigenvalue weighted by Gasteiger charge is 2.41. The molecule has 1 rings (SSSR count). The number of carboxylic acid groups (broad SMARTS) is 1. The molecule has 4 nitrogen and oxygen atoms in total. The summed E-state index contributed by atoms with van der Waals surface area (Å²) in [6.07, 6.45) is 3.91. The highest BCUT2D eigenvalue weighted by Crippen LogP contribution is 2.33. The highest BCUT2D eigenvalue weighted by atomic mass is 16.4. The summed E-state index contributed by atoms with van der Waals surface area (Å²) in [6.45, 7) is 5.45. The highest BCUT2D eigenvalue weighted by molar-refractivity contribution is 5.77. The summed E-state index contributed by atoms with van der Waals surface area (Å²) < 4.78 is 0. The topological polar surface area (TPSA) is 69.6 Å². The lowest BCUT2D eigenvalue weighted by atomic mass is 9.75. The Bertz CT molecular complexity index is 265. The predicted molar refractivity (Wildman–Crippen MR) is 62.3 cm³/mol. The minimum atomic E-state index is -0.986. The van der Waals surface area contributed by atoms with Gasteiger partial charge in [-0.25, -0.2) is 0 Å². The molecule has 4 heteroatoms. The van der Waals surface area contributed by atoms with Crippen molar-refractivity contribution < 1.29 is 15.0 Å². The summed E-state index contributed by atoms with van der Waals surface area (Å²) in [6, 6.07) is 0. The van der Waals surface area contributed by atoms with E-state index in [1.807, 2.05) is 0 Å². The fourth-order valence-electron chi connectivity index (χ4n) is 2.67. The SMILES string of the molecule is CC1CCCC(CO)(NC(C)(C)C(=O)O)C1. The van der Waals surface area contributed by atoms with E-state index < -0.39 is 17.0 Å². The molecule has 94 valence electrons. The molecule has 0 heterocycles. The molecule has 0 aromatic rings. The van der Waals surface area contributed by atoms with E-state index in [1.165, 1.54) is 0 Å². The quantitative estimate of drug-likeness (QED) is 0.681. The van der Waals surface area contributed by atoms with E-state index >= 15 is 0 Å². The van der Waals surface area contributed by atoms with Gasteiger partial charge in [0.2, 0.25) is 0 Å². The number of aliphatic carboxylic acids is 1. The second-order valence-electron chi connectivity index (χ2n) is 5.70. The normalized spacial score (nSPS) is 31.4. The van der Waals surface area contributed by atoms with Gasteiger partial charge in [-0.2, -0.15) is 0 Å². The number of hydrogen-bond donors (Lipinski definition) is 3. The Morgan fingerprint density at radius 3 is 2.62 bits per heavy atom. The third-order valence-electron chi connectivity index (χ3n) is 3.51. The standard InChI is InChI=1S/C12H23NO3/c1-9-5-4-6-12(7-9,8-14)13-11(2,3)10(15)16/h9,13-14H,4-8H2,1-3H3,(H,15,16). The van der Waals surface area contributed by atoms with Crippen molar-refractivity contribution in [2.75, 3.05) is 6.61 Å². The van der Waals surface area contributed by atoms with Crippen molar-refractivity contribution in [2.45, 2.75) is 57.5 Å². The molecule has 0 saturated heterocycles. The summed E-state index contributed by atoms with van der Waals surface area (Å²) in [7, 11) is 0. The molecular formula is C12H23NO3. The van der Waals surface area contributed by atoms with E-state index in [4.69, 9.17) is 5.11 Å². The zero-order chi connectivity index (χ0) is 12.4. The molecule has 0 bridgehead atoms. The van der Waals surface area contributed by atoms with Crippen LogP contribution < -0.4 is 5.32 Å². The van der Waals surface area contributed by atoms with Gasteiger partial charge in [0.1, 0.15) is 5.54 Å². The molecule has 1 aliphatic rings. The molecule has 1 fully saturated rings. The zero-order valence-corrected chi connectivity index (χ0v) is 10.4. The summed E-state index contributed by atoms with van der Waals surface area (Å²) in [4.78, 5) is 11.1. The first kappa shape index (κ1) is 13.5. The Labute approximate surface area is 97.0 Å². The van der Waals surface area contributed by atoms with Crippen molar-refractivity contribution in [1.29, 1.82) is 0 Å². The van der Waals surface area contributed by atoms with Crippen molar-refractivity contribution in [2.24, 2.45) is 5.92 Å². The number of hydrogen-bond acceptors (Lipinski definition) is 3. The van der Waals surface area contributed by atoms with Gasteiger partial charge in [0.05, 0.1) is 6.61 Å². The molecule has 1 saturated carbocycles. The maximum Gasteiger partial charge on any atom is 0.323 e. The molecule has 0 aromatic heterocycles. The van der Waals surface area contributed by atoms with Gasteiger partial charge < -0.3 is 10.2 Å². The van der Waals surface area contributed by atoms with Crippen molar-refractivity contribution >= 4 is 5.97 Å². The summed E-state index contributed by atoms with van der Waals surface area (Å²) in [5, 5.41) is 21.8. The summed E-state index contributed by atoms with van der Waals surface area (Å²) in [5.74, 6) is -0.337. The van der Waals surface area contributed by atoms with E-state index in [1.54, 1.807) is 13.8 Å². The van der Waals surface area contributed by atoms with Crippen LogP contribution in [0.2, 0.25) is 0 Å². The molecule has 0 spiro atoms. The van der Waals surface area contributed by atoms with Crippen LogP contribution >= 0.6 is 0 Å². The molecular weight excluding hydrogens is 206 g/mol. The number of rotatable bonds is 4. The number of carbonyl (C=O) groups is 1. The smallest absolute Gasteiger partial charge is 0.323 e. The van der Waals surface area contributed by atoms with E-state index in [0.29, 0.717) is 5.92 Å². The van der Waals surface area contributed by atoms with Gasteiger partial charge in [0.25, 0.3) is 0 Å². The average molecular weight is 229 g/mol. The fourth-order valence-corrected chi connectivity index (χ4v) is 2.67. The largest absolute Gasteiger partial charge is 0.480 e. The van der Waals surface area contributed by atoms with Crippen LogP contribution in [0.5, 0.6) is 0 Å². The van der Waals surface area contributed by atoms with Crippen molar-refractivity contribution in [3.8, 4) is 0 Å². The molecule has 1 aliphatic carbocycles. The molecule has 3 N–H and O–H groups in total. The monoisotopic (exact) mass is 229 g/mol. The van der Waals surface area contributed by atoms with Crippen LogP contribution in [0.1, 0.15) is 46.5 Å². The lowest BCUT2D eigenvalue weighted by Gasteiger charge is -2.43. The Kier molecular flexibility index (Phi) is 3.97. The third kappa shape index (κ3) is 2.95. The number of aliphatic hydroxyl groups excluding tert-OH is 1. The van der Waals surface area contributed by atoms with Gasteiger partial charge in [0, 0.05) is 5.54 Å². The van der Waals surface area contributed by atoms with Gasteiger partial charge in [0.15, 0.2) is 0 Å². The van der Waals surface area contributed by atoms with Crippen LogP contribution in [0.15, 0.2) is 0 Å². The van der Waals surface area contributed by atoms with Crippen LogP contribution in [0.4, 0.5) is 0 Å². The molecule has 2 unspecified atom stereocenters. The number of nitrogens with one attached hydrogen (secondary N) is 1. The van der Waals surface area contributed by atoms with Gasteiger partial charge in [-0.05, 0) is 32.6 Å². The molecule has 0 aliphatic heterocycles. The minimum Gasteiger partial charge on any atom is -0.480 e. The van der Waals surface area contributed by atoms with Crippen molar-refractivity contribution in [1.82, 2.24) is 5.32 Å². The molecule has 2 atom stereocenters. The van der Waals surface area contributed by atoms with Crippen molar-refractivity contribution in [3.05, 3.63) is 0 Å². The summed E-state index contributed by atoms with van der Waals surface area (Å²) >= 11 is 0. The maximum atomic E-state index is 11.1. The molecule has 0 aromatic carbocycles. The van der Waals surface area contributed by atoms with E-state index in [9.17, 15) is 9.90 Å². The first-order chi connectivity index (χ1) is 7.31. The number of carboxylic acids is 1. The minimum absolute atomic E-state index is 0.00799. The van der Waals surface area contributed by atoms with E-state index in [-0.39, 0.29) is 6.61 Å². The maximum absolute atomic E-state index is 11.1. The van der Waals surface area contributed by atoms with Crippen LogP contribution in [0.3, 0.4) is 0 Å². The second-order valence-corrected chi connectivity index (χ2v) is 5.70. The molecule has 0 amide bonds. The Morgan fingerprint density at radius 1 is 1.56 bits per heavy atom. The molecule has 16 heavy (non-hydrogen) atoms. The first-order valence-electron chi connectivity index (χ1n) is 5.95. The van der Waals surface area contributed by atoms with Crippen LogP contribution in [-0.4, -0.2) is 33.9 Å². The Balaban J connectivity index is 2.77. The first-order valence-corrected chi connectivity index (χ1v) is 5.95. The van der Waals surface area contributed by atoms with Gasteiger partial charge in [-0.1, -0.05) is 19.8 Å².